The zero-order valence-electron chi connectivity index (χ0n) is 13.3. The van der Waals surface area contributed by atoms with Crippen molar-refractivity contribution in [3.8, 4) is 0 Å². The normalized spacial score (nSPS) is 21.8. The van der Waals surface area contributed by atoms with Gasteiger partial charge >= 0.3 is 0 Å². The number of amides is 1. The van der Waals surface area contributed by atoms with Crippen LogP contribution in [0.3, 0.4) is 0 Å². The lowest BCUT2D eigenvalue weighted by Gasteiger charge is -2.24. The molecule has 0 aromatic carbocycles. The summed E-state index contributed by atoms with van der Waals surface area (Å²) in [4.78, 5) is 12.7. The first-order chi connectivity index (χ1) is 11.3. The predicted molar refractivity (Wildman–Crippen MR) is 86.3 cm³/mol. The third-order valence-electron chi connectivity index (χ3n) is 5.28. The Balaban J connectivity index is 1.45. The van der Waals surface area contributed by atoms with Crippen LogP contribution in [0.25, 0.3) is 0 Å². The SMILES string of the molecule is O=C(NC1CCc2[nH]ncc2C1)c1cn[nH]c1C1CCCCC1. The Morgan fingerprint density at radius 3 is 2.78 bits per heavy atom. The van der Waals surface area contributed by atoms with E-state index in [0.717, 1.165) is 43.4 Å². The fourth-order valence-electron chi connectivity index (χ4n) is 3.98. The summed E-state index contributed by atoms with van der Waals surface area (Å²) >= 11 is 0. The van der Waals surface area contributed by atoms with Gasteiger partial charge in [-0.1, -0.05) is 19.3 Å². The Bertz CT molecular complexity index is 683. The number of rotatable bonds is 3. The van der Waals surface area contributed by atoms with E-state index >= 15 is 0 Å². The molecule has 1 atom stereocenters. The molecule has 4 rings (SSSR count). The first-order valence-corrected chi connectivity index (χ1v) is 8.66. The van der Waals surface area contributed by atoms with Crippen molar-refractivity contribution < 1.29 is 4.79 Å². The maximum Gasteiger partial charge on any atom is 0.254 e. The van der Waals surface area contributed by atoms with Gasteiger partial charge in [0.05, 0.1) is 23.7 Å². The van der Waals surface area contributed by atoms with Crippen molar-refractivity contribution >= 4 is 5.91 Å². The molecule has 0 saturated heterocycles. The van der Waals surface area contributed by atoms with Crippen molar-refractivity contribution in [2.24, 2.45) is 0 Å². The van der Waals surface area contributed by atoms with Crippen LogP contribution < -0.4 is 5.32 Å². The molecule has 3 N–H and O–H groups in total. The fourth-order valence-corrected chi connectivity index (χ4v) is 3.98. The molecule has 1 fully saturated rings. The monoisotopic (exact) mass is 313 g/mol. The smallest absolute Gasteiger partial charge is 0.254 e. The van der Waals surface area contributed by atoms with Gasteiger partial charge in [0.15, 0.2) is 0 Å². The first-order valence-electron chi connectivity index (χ1n) is 8.66. The highest BCUT2D eigenvalue weighted by Gasteiger charge is 2.26. The second kappa shape index (κ2) is 6.18. The number of carbonyl (C=O) groups excluding carboxylic acids is 1. The lowest BCUT2D eigenvalue weighted by molar-refractivity contribution is 0.0932. The highest BCUT2D eigenvalue weighted by Crippen LogP contribution is 2.33. The highest BCUT2D eigenvalue weighted by molar-refractivity contribution is 5.95. The third kappa shape index (κ3) is 2.90. The van der Waals surface area contributed by atoms with Crippen LogP contribution in [-0.4, -0.2) is 32.3 Å². The minimum absolute atomic E-state index is 0.0104. The van der Waals surface area contributed by atoms with Crippen LogP contribution in [0.2, 0.25) is 0 Å². The van der Waals surface area contributed by atoms with Gasteiger partial charge in [-0.3, -0.25) is 15.0 Å². The van der Waals surface area contributed by atoms with Crippen molar-refractivity contribution in [1.29, 1.82) is 0 Å². The highest BCUT2D eigenvalue weighted by atomic mass is 16.1. The van der Waals surface area contributed by atoms with E-state index in [4.69, 9.17) is 0 Å². The summed E-state index contributed by atoms with van der Waals surface area (Å²) in [7, 11) is 0. The first kappa shape index (κ1) is 14.5. The zero-order valence-corrected chi connectivity index (χ0v) is 13.3. The summed E-state index contributed by atoms with van der Waals surface area (Å²) in [6.07, 6.45) is 12.4. The molecule has 0 bridgehead atoms. The van der Waals surface area contributed by atoms with Crippen LogP contribution in [0.5, 0.6) is 0 Å². The Labute approximate surface area is 135 Å². The molecule has 2 aliphatic carbocycles. The van der Waals surface area contributed by atoms with Crippen LogP contribution in [-0.2, 0) is 12.8 Å². The predicted octanol–water partition coefficient (Wildman–Crippen LogP) is 2.47. The van der Waals surface area contributed by atoms with Gasteiger partial charge in [0.1, 0.15) is 0 Å². The topological polar surface area (TPSA) is 86.5 Å². The standard InChI is InChI=1S/C17H23N5O/c23-17(20-13-6-7-15-12(8-13)9-18-21-15)14-10-19-22-16(14)11-4-2-1-3-5-11/h9-11,13H,1-8H2,(H,18,21)(H,19,22)(H,20,23). The molecule has 122 valence electrons. The molecule has 0 radical (unpaired) electrons. The average molecular weight is 313 g/mol. The zero-order chi connectivity index (χ0) is 15.6. The largest absolute Gasteiger partial charge is 0.349 e. The molecule has 2 heterocycles. The number of nitrogens with zero attached hydrogens (tertiary/aromatic N) is 2. The van der Waals surface area contributed by atoms with Crippen molar-refractivity contribution in [2.45, 2.75) is 63.3 Å². The van der Waals surface area contributed by atoms with Crippen LogP contribution in [0, 0.1) is 0 Å². The molecule has 1 saturated carbocycles. The minimum Gasteiger partial charge on any atom is -0.349 e. The number of fused-ring (bicyclic) bond motifs is 1. The number of H-pyrrole nitrogens is 2. The molecule has 1 unspecified atom stereocenters. The van der Waals surface area contributed by atoms with Gasteiger partial charge in [0.2, 0.25) is 0 Å². The lowest BCUT2D eigenvalue weighted by atomic mass is 9.85. The van der Waals surface area contributed by atoms with Crippen LogP contribution in [0.15, 0.2) is 12.4 Å². The Kier molecular flexibility index (Phi) is 3.89. The Morgan fingerprint density at radius 1 is 1.09 bits per heavy atom. The Hall–Kier alpha value is -2.11. The van der Waals surface area contributed by atoms with Crippen molar-refractivity contribution in [3.05, 3.63) is 34.9 Å². The van der Waals surface area contributed by atoms with Gasteiger partial charge in [-0.25, -0.2) is 0 Å². The number of aromatic nitrogens is 4. The number of hydrogen-bond acceptors (Lipinski definition) is 3. The summed E-state index contributed by atoms with van der Waals surface area (Å²) in [6.45, 7) is 0. The Morgan fingerprint density at radius 2 is 1.91 bits per heavy atom. The molecule has 2 aliphatic rings. The molecular weight excluding hydrogens is 290 g/mol. The summed E-state index contributed by atoms with van der Waals surface area (Å²) < 4.78 is 0. The number of aromatic amines is 2. The molecular formula is C17H23N5O. The molecule has 6 heteroatoms. The number of carbonyl (C=O) groups is 1. The van der Waals surface area contributed by atoms with E-state index in [1.807, 2.05) is 6.20 Å². The van der Waals surface area contributed by atoms with Gasteiger partial charge in [-0.2, -0.15) is 10.2 Å². The molecule has 0 aliphatic heterocycles. The van der Waals surface area contributed by atoms with E-state index in [9.17, 15) is 4.79 Å². The molecule has 2 aromatic rings. The molecule has 23 heavy (non-hydrogen) atoms. The third-order valence-corrected chi connectivity index (χ3v) is 5.28. The minimum atomic E-state index is 0.0104. The van der Waals surface area contributed by atoms with Gasteiger partial charge in [0, 0.05) is 17.7 Å². The van der Waals surface area contributed by atoms with Crippen LogP contribution in [0.4, 0.5) is 0 Å². The van der Waals surface area contributed by atoms with E-state index in [1.165, 1.54) is 30.5 Å². The summed E-state index contributed by atoms with van der Waals surface area (Å²) in [5, 5.41) is 17.5. The maximum absolute atomic E-state index is 12.7. The number of aryl methyl sites for hydroxylation is 1. The van der Waals surface area contributed by atoms with E-state index in [2.05, 4.69) is 25.7 Å². The lowest BCUT2D eigenvalue weighted by Crippen LogP contribution is -2.39. The number of nitrogens with one attached hydrogen (secondary N) is 3. The number of hydrogen-bond donors (Lipinski definition) is 3. The average Bonchev–Trinajstić information content (AvgIpc) is 3.24. The molecule has 1 amide bonds. The molecule has 2 aromatic heterocycles. The van der Waals surface area contributed by atoms with Crippen molar-refractivity contribution in [1.82, 2.24) is 25.7 Å². The van der Waals surface area contributed by atoms with Gasteiger partial charge in [-0.15, -0.1) is 0 Å². The summed E-state index contributed by atoms with van der Waals surface area (Å²) in [5.74, 6) is 0.468. The quantitative estimate of drug-likeness (QED) is 0.813. The van der Waals surface area contributed by atoms with Gasteiger partial charge in [-0.05, 0) is 37.7 Å². The van der Waals surface area contributed by atoms with Crippen LogP contribution in [0.1, 0.15) is 71.8 Å². The molecule has 0 spiro atoms. The molecule has 6 nitrogen and oxygen atoms in total. The summed E-state index contributed by atoms with van der Waals surface area (Å²) in [6, 6.07) is 0.182. The van der Waals surface area contributed by atoms with Gasteiger partial charge < -0.3 is 5.32 Å². The van der Waals surface area contributed by atoms with E-state index in [0.29, 0.717) is 5.92 Å². The van der Waals surface area contributed by atoms with Crippen molar-refractivity contribution in [3.63, 3.8) is 0 Å². The maximum atomic E-state index is 12.7. The second-order valence-corrected chi connectivity index (χ2v) is 6.82. The van der Waals surface area contributed by atoms with Crippen molar-refractivity contribution in [2.75, 3.05) is 0 Å². The van der Waals surface area contributed by atoms with E-state index in [-0.39, 0.29) is 11.9 Å². The van der Waals surface area contributed by atoms with E-state index < -0.39 is 0 Å². The second-order valence-electron chi connectivity index (χ2n) is 6.82. The van der Waals surface area contributed by atoms with Crippen LogP contribution >= 0.6 is 0 Å². The summed E-state index contributed by atoms with van der Waals surface area (Å²) in [5.41, 5.74) is 4.19. The van der Waals surface area contributed by atoms with Gasteiger partial charge in [0.25, 0.3) is 5.91 Å². The fraction of sp³-hybridized carbons (Fsp3) is 0.588. The van der Waals surface area contributed by atoms with E-state index in [1.54, 1.807) is 6.20 Å².